The number of amides is 1. The van der Waals surface area contributed by atoms with E-state index in [1.807, 2.05) is 18.4 Å². The van der Waals surface area contributed by atoms with Gasteiger partial charge in [-0.05, 0) is 64.8 Å². The number of anilines is 2. The molecular weight excluding hydrogens is 492 g/mol. The highest BCUT2D eigenvalue weighted by atomic mass is 19.1. The number of hydrogen-bond donors (Lipinski definition) is 2. The molecule has 0 bridgehead atoms. The van der Waals surface area contributed by atoms with Crippen molar-refractivity contribution >= 4 is 28.7 Å². The summed E-state index contributed by atoms with van der Waals surface area (Å²) in [7, 11) is 0. The summed E-state index contributed by atoms with van der Waals surface area (Å²) < 4.78 is 31.6. The Balaban J connectivity index is 1.38. The number of imidazole rings is 1. The predicted molar refractivity (Wildman–Crippen MR) is 139 cm³/mol. The molecule has 1 aromatic carbocycles. The van der Waals surface area contributed by atoms with Crippen LogP contribution in [0.1, 0.15) is 55.8 Å². The molecule has 0 saturated carbocycles. The number of nitrogens with one attached hydrogen (secondary N) is 1. The van der Waals surface area contributed by atoms with Crippen LogP contribution in [0, 0.1) is 18.6 Å². The molecule has 0 aliphatic carbocycles. The number of fused-ring (bicyclic) bond motifs is 1. The van der Waals surface area contributed by atoms with E-state index >= 15 is 0 Å². The summed E-state index contributed by atoms with van der Waals surface area (Å²) in [6.45, 7) is 8.46. The second-order valence-corrected chi connectivity index (χ2v) is 10.2. The zero-order valence-electron chi connectivity index (χ0n) is 21.7. The second-order valence-electron chi connectivity index (χ2n) is 10.2. The average Bonchev–Trinajstić information content (AvgIpc) is 3.22. The van der Waals surface area contributed by atoms with Crippen LogP contribution < -0.4 is 5.32 Å². The summed E-state index contributed by atoms with van der Waals surface area (Å²) in [4.78, 5) is 31.4. The maximum atomic E-state index is 14.9. The molecule has 1 aliphatic rings. The first-order valence-electron chi connectivity index (χ1n) is 12.5. The molecule has 3 aromatic heterocycles. The topological polar surface area (TPSA) is 109 Å². The van der Waals surface area contributed by atoms with Gasteiger partial charge in [0.25, 0.3) is 5.91 Å². The van der Waals surface area contributed by atoms with Crippen molar-refractivity contribution in [2.45, 2.75) is 52.2 Å². The number of benzene rings is 1. The second kappa shape index (κ2) is 9.71. The van der Waals surface area contributed by atoms with Gasteiger partial charge in [0.15, 0.2) is 11.6 Å². The SMILES string of the molecule is Cc1nc2c(F)cc(-c3nc(Nc4ccc(C(=O)N5CCC(C)(O)CC5)cn4)ncc3F)cc2n1C(C)C. The van der Waals surface area contributed by atoms with Gasteiger partial charge in [-0.3, -0.25) is 4.79 Å². The van der Waals surface area contributed by atoms with Crippen LogP contribution in [-0.4, -0.2) is 59.1 Å². The molecule has 1 fully saturated rings. The highest BCUT2D eigenvalue weighted by molar-refractivity contribution is 5.94. The Morgan fingerprint density at radius 3 is 2.47 bits per heavy atom. The van der Waals surface area contributed by atoms with Gasteiger partial charge < -0.3 is 19.9 Å². The lowest BCUT2D eigenvalue weighted by Gasteiger charge is -2.35. The van der Waals surface area contributed by atoms with Crippen LogP contribution in [0.2, 0.25) is 0 Å². The summed E-state index contributed by atoms with van der Waals surface area (Å²) in [5.74, 6) is -0.330. The van der Waals surface area contributed by atoms with Crippen molar-refractivity contribution in [2.24, 2.45) is 0 Å². The number of aryl methyl sites for hydroxylation is 1. The quantitative estimate of drug-likeness (QED) is 0.389. The van der Waals surface area contributed by atoms with Gasteiger partial charge in [-0.1, -0.05) is 0 Å². The molecule has 0 spiro atoms. The lowest BCUT2D eigenvalue weighted by Crippen LogP contribution is -2.45. The Hall–Kier alpha value is -3.99. The highest BCUT2D eigenvalue weighted by Gasteiger charge is 2.30. The Bertz CT molecular complexity index is 1510. The molecule has 2 N–H and O–H groups in total. The van der Waals surface area contributed by atoms with Gasteiger partial charge in [-0.25, -0.2) is 28.7 Å². The smallest absolute Gasteiger partial charge is 0.255 e. The molecule has 1 aliphatic heterocycles. The number of piperidine rings is 1. The molecule has 198 valence electrons. The van der Waals surface area contributed by atoms with Gasteiger partial charge in [0, 0.05) is 30.9 Å². The molecule has 5 rings (SSSR count). The molecule has 38 heavy (non-hydrogen) atoms. The standard InChI is InChI=1S/C27H29F2N7O2/c1-15(2)36-16(3)32-24-19(28)11-18(12-21(24)36)23-20(29)14-31-26(34-23)33-22-6-5-17(13-30-22)25(37)35-9-7-27(4,38)8-10-35/h5-6,11-15,38H,7-10H2,1-4H3,(H,30,31,33,34). The van der Waals surface area contributed by atoms with Crippen LogP contribution in [-0.2, 0) is 0 Å². The molecular formula is C27H29F2N7O2. The van der Waals surface area contributed by atoms with E-state index in [1.54, 1.807) is 36.9 Å². The number of halogens is 2. The monoisotopic (exact) mass is 521 g/mol. The predicted octanol–water partition coefficient (Wildman–Crippen LogP) is 4.79. The first kappa shape index (κ1) is 25.7. The van der Waals surface area contributed by atoms with Gasteiger partial charge in [0.05, 0.1) is 22.9 Å². The molecule has 0 radical (unpaired) electrons. The van der Waals surface area contributed by atoms with Crippen molar-refractivity contribution in [3.63, 3.8) is 0 Å². The van der Waals surface area contributed by atoms with E-state index in [0.29, 0.717) is 48.7 Å². The zero-order chi connectivity index (χ0) is 27.2. The molecule has 0 unspecified atom stereocenters. The Morgan fingerprint density at radius 1 is 1.08 bits per heavy atom. The van der Waals surface area contributed by atoms with Crippen molar-refractivity contribution in [1.82, 2.24) is 29.4 Å². The third kappa shape index (κ3) is 4.93. The zero-order valence-corrected chi connectivity index (χ0v) is 21.7. The fourth-order valence-electron chi connectivity index (χ4n) is 4.77. The largest absolute Gasteiger partial charge is 0.390 e. The number of carbonyl (C=O) groups is 1. The van der Waals surface area contributed by atoms with E-state index in [-0.39, 0.29) is 34.7 Å². The Morgan fingerprint density at radius 2 is 1.82 bits per heavy atom. The number of likely N-dealkylation sites (tertiary alicyclic amines) is 1. The normalized spacial score (nSPS) is 15.3. The molecule has 4 heterocycles. The van der Waals surface area contributed by atoms with Crippen LogP contribution >= 0.6 is 0 Å². The number of pyridine rings is 1. The lowest BCUT2D eigenvalue weighted by molar-refractivity contribution is -0.00203. The Kier molecular flexibility index (Phi) is 6.56. The minimum absolute atomic E-state index is 0.0350. The number of rotatable bonds is 5. The van der Waals surface area contributed by atoms with Crippen LogP contribution in [0.25, 0.3) is 22.3 Å². The van der Waals surface area contributed by atoms with E-state index in [1.165, 1.54) is 12.3 Å². The first-order valence-corrected chi connectivity index (χ1v) is 12.5. The van der Waals surface area contributed by atoms with E-state index in [0.717, 1.165) is 6.20 Å². The third-order valence-electron chi connectivity index (χ3n) is 6.84. The van der Waals surface area contributed by atoms with Crippen molar-refractivity contribution in [1.29, 1.82) is 0 Å². The minimum atomic E-state index is -0.747. The van der Waals surface area contributed by atoms with Gasteiger partial charge in [0.1, 0.15) is 22.9 Å². The molecule has 1 amide bonds. The fraction of sp³-hybridized carbons (Fsp3) is 0.370. The average molecular weight is 522 g/mol. The number of aliphatic hydroxyl groups is 1. The third-order valence-corrected chi connectivity index (χ3v) is 6.84. The highest BCUT2D eigenvalue weighted by Crippen LogP contribution is 2.30. The number of carbonyl (C=O) groups excluding carboxylic acids is 1. The van der Waals surface area contributed by atoms with Crippen LogP contribution in [0.15, 0.2) is 36.7 Å². The van der Waals surface area contributed by atoms with Crippen molar-refractivity contribution in [3.05, 3.63) is 59.7 Å². The summed E-state index contributed by atoms with van der Waals surface area (Å²) in [5, 5.41) is 13.0. The van der Waals surface area contributed by atoms with E-state index in [2.05, 4.69) is 25.3 Å². The molecule has 0 atom stereocenters. The minimum Gasteiger partial charge on any atom is -0.390 e. The fourth-order valence-corrected chi connectivity index (χ4v) is 4.77. The summed E-state index contributed by atoms with van der Waals surface area (Å²) in [6, 6.07) is 6.16. The number of nitrogens with zero attached hydrogens (tertiary/aromatic N) is 6. The van der Waals surface area contributed by atoms with E-state index < -0.39 is 17.2 Å². The van der Waals surface area contributed by atoms with Crippen molar-refractivity contribution in [3.8, 4) is 11.3 Å². The summed E-state index contributed by atoms with van der Waals surface area (Å²) in [5.41, 5.74) is 0.641. The number of hydrogen-bond acceptors (Lipinski definition) is 7. The molecule has 11 heteroatoms. The Labute approximate surface area is 218 Å². The van der Waals surface area contributed by atoms with E-state index in [4.69, 9.17) is 0 Å². The maximum Gasteiger partial charge on any atom is 0.255 e. The van der Waals surface area contributed by atoms with Crippen LogP contribution in [0.5, 0.6) is 0 Å². The molecule has 9 nitrogen and oxygen atoms in total. The molecule has 4 aromatic rings. The van der Waals surface area contributed by atoms with Gasteiger partial charge in [0.2, 0.25) is 5.95 Å². The van der Waals surface area contributed by atoms with Crippen LogP contribution in [0.4, 0.5) is 20.5 Å². The lowest BCUT2D eigenvalue weighted by atomic mass is 9.93. The van der Waals surface area contributed by atoms with E-state index in [9.17, 15) is 18.7 Å². The van der Waals surface area contributed by atoms with Gasteiger partial charge >= 0.3 is 0 Å². The van der Waals surface area contributed by atoms with Crippen molar-refractivity contribution in [2.75, 3.05) is 18.4 Å². The van der Waals surface area contributed by atoms with Gasteiger partial charge in [-0.15, -0.1) is 0 Å². The summed E-state index contributed by atoms with van der Waals surface area (Å²) >= 11 is 0. The van der Waals surface area contributed by atoms with Crippen molar-refractivity contribution < 1.29 is 18.7 Å². The van der Waals surface area contributed by atoms with Gasteiger partial charge in [-0.2, -0.15) is 0 Å². The summed E-state index contributed by atoms with van der Waals surface area (Å²) in [6.07, 6.45) is 3.50. The van der Waals surface area contributed by atoms with Crippen LogP contribution in [0.3, 0.4) is 0 Å². The number of aromatic nitrogens is 5. The first-order chi connectivity index (χ1) is 18.0. The molecule has 1 saturated heterocycles. The maximum absolute atomic E-state index is 14.9.